The van der Waals surface area contributed by atoms with E-state index in [9.17, 15) is 4.79 Å². The summed E-state index contributed by atoms with van der Waals surface area (Å²) in [6.07, 6.45) is 3.68. The third-order valence-electron chi connectivity index (χ3n) is 5.29. The molecule has 29 heavy (non-hydrogen) atoms. The van der Waals surface area contributed by atoms with Gasteiger partial charge in [-0.05, 0) is 42.3 Å². The molecule has 2 aromatic heterocycles. The number of imidazole rings is 1. The molecule has 1 unspecified atom stereocenters. The lowest BCUT2D eigenvalue weighted by atomic mass is 10.0. The van der Waals surface area contributed by atoms with E-state index < -0.39 is 0 Å². The van der Waals surface area contributed by atoms with Crippen LogP contribution in [0.25, 0.3) is 5.65 Å². The summed E-state index contributed by atoms with van der Waals surface area (Å²) in [6, 6.07) is 12.0. The van der Waals surface area contributed by atoms with Crippen LogP contribution in [0.15, 0.2) is 48.8 Å². The first-order valence-corrected chi connectivity index (χ1v) is 9.83. The van der Waals surface area contributed by atoms with Gasteiger partial charge in [0.15, 0.2) is 0 Å². The fourth-order valence-corrected chi connectivity index (χ4v) is 3.65. The molecule has 1 aromatic carbocycles. The molecule has 0 radical (unpaired) electrons. The molecule has 1 aliphatic rings. The monoisotopic (exact) mass is 394 g/mol. The van der Waals surface area contributed by atoms with E-state index in [1.54, 1.807) is 13.3 Å². The molecule has 1 amide bonds. The average molecular weight is 394 g/mol. The normalized spacial score (nSPS) is 15.9. The van der Waals surface area contributed by atoms with Crippen LogP contribution in [0.4, 0.5) is 0 Å². The summed E-state index contributed by atoms with van der Waals surface area (Å²) in [5.41, 5.74) is 3.45. The number of rotatable bonds is 6. The van der Waals surface area contributed by atoms with Crippen LogP contribution < -0.4 is 10.1 Å². The molecule has 0 bridgehead atoms. The number of carbonyl (C=O) groups is 1. The topological polar surface area (TPSA) is 68.1 Å². The van der Waals surface area contributed by atoms with Crippen LogP contribution in [-0.2, 0) is 4.74 Å². The van der Waals surface area contributed by atoms with Crippen molar-refractivity contribution in [1.29, 1.82) is 0 Å². The number of fused-ring (bicyclic) bond motifs is 1. The highest BCUT2D eigenvalue weighted by Crippen LogP contribution is 2.24. The molecule has 0 aliphatic carbocycles. The Bertz CT molecular complexity index is 977. The van der Waals surface area contributed by atoms with E-state index >= 15 is 0 Å². The van der Waals surface area contributed by atoms with Gasteiger partial charge in [-0.1, -0.05) is 12.1 Å². The number of nitrogens with zero attached hydrogens (tertiary/aromatic N) is 3. The Kier molecular flexibility index (Phi) is 5.78. The first-order chi connectivity index (χ1) is 14.1. The summed E-state index contributed by atoms with van der Waals surface area (Å²) in [5.74, 6) is 0.650. The number of benzene rings is 1. The molecule has 1 fully saturated rings. The van der Waals surface area contributed by atoms with Crippen molar-refractivity contribution in [3.63, 3.8) is 0 Å². The molecule has 152 valence electrons. The van der Waals surface area contributed by atoms with E-state index in [0.717, 1.165) is 35.6 Å². The van der Waals surface area contributed by atoms with Crippen LogP contribution in [0.5, 0.6) is 5.75 Å². The van der Waals surface area contributed by atoms with Crippen LogP contribution in [0, 0.1) is 6.92 Å². The van der Waals surface area contributed by atoms with Crippen molar-refractivity contribution in [2.24, 2.45) is 0 Å². The van der Waals surface area contributed by atoms with Gasteiger partial charge in [-0.2, -0.15) is 0 Å². The lowest BCUT2D eigenvalue weighted by molar-refractivity contribution is 0.0162. The molecule has 0 spiro atoms. The van der Waals surface area contributed by atoms with E-state index in [1.807, 2.05) is 41.8 Å². The molecule has 7 heteroatoms. The quantitative estimate of drug-likeness (QED) is 0.696. The van der Waals surface area contributed by atoms with Gasteiger partial charge in [-0.15, -0.1) is 0 Å². The molecule has 4 rings (SSSR count). The number of aryl methyl sites for hydroxylation is 1. The van der Waals surface area contributed by atoms with E-state index in [4.69, 9.17) is 9.47 Å². The lowest BCUT2D eigenvalue weighted by Crippen LogP contribution is -2.43. The Morgan fingerprint density at radius 3 is 2.72 bits per heavy atom. The predicted molar refractivity (Wildman–Crippen MR) is 110 cm³/mol. The van der Waals surface area contributed by atoms with E-state index in [-0.39, 0.29) is 11.9 Å². The zero-order valence-electron chi connectivity index (χ0n) is 16.8. The summed E-state index contributed by atoms with van der Waals surface area (Å²) >= 11 is 0. The molecule has 7 nitrogen and oxygen atoms in total. The van der Waals surface area contributed by atoms with Crippen molar-refractivity contribution in [2.75, 3.05) is 40.0 Å². The number of carbonyl (C=O) groups excluding carboxylic acids is 1. The second-order valence-electron chi connectivity index (χ2n) is 7.24. The molecule has 1 atom stereocenters. The SMILES string of the molecule is COc1ccc(C(CNC(=O)c2cn3ccc(C)cc3n2)N2CCOCC2)cc1. The molecule has 1 saturated heterocycles. The number of ether oxygens (including phenoxy) is 2. The van der Waals surface area contributed by atoms with Crippen LogP contribution in [-0.4, -0.2) is 60.1 Å². The van der Waals surface area contributed by atoms with E-state index in [2.05, 4.69) is 27.3 Å². The molecular weight excluding hydrogens is 368 g/mol. The fraction of sp³-hybridized carbons (Fsp3) is 0.364. The smallest absolute Gasteiger partial charge is 0.271 e. The number of nitrogens with one attached hydrogen (secondary N) is 1. The summed E-state index contributed by atoms with van der Waals surface area (Å²) in [4.78, 5) is 19.6. The third-order valence-corrected chi connectivity index (χ3v) is 5.29. The molecule has 1 N–H and O–H groups in total. The first-order valence-electron chi connectivity index (χ1n) is 9.83. The summed E-state index contributed by atoms with van der Waals surface area (Å²) in [6.45, 7) is 5.58. The maximum atomic E-state index is 12.8. The second-order valence-corrected chi connectivity index (χ2v) is 7.24. The van der Waals surface area contributed by atoms with Crippen LogP contribution in [0.3, 0.4) is 0 Å². The maximum Gasteiger partial charge on any atom is 0.271 e. The number of hydrogen-bond donors (Lipinski definition) is 1. The zero-order valence-corrected chi connectivity index (χ0v) is 16.8. The Hall–Kier alpha value is -2.90. The summed E-state index contributed by atoms with van der Waals surface area (Å²) < 4.78 is 12.6. The second kappa shape index (κ2) is 8.63. The van der Waals surface area contributed by atoms with Crippen molar-refractivity contribution >= 4 is 11.6 Å². The van der Waals surface area contributed by atoms with Crippen LogP contribution in [0.2, 0.25) is 0 Å². The molecular formula is C22H26N4O3. The Labute approximate surface area is 170 Å². The minimum absolute atomic E-state index is 0.0630. The third kappa shape index (κ3) is 4.41. The van der Waals surface area contributed by atoms with Crippen molar-refractivity contribution in [3.05, 3.63) is 65.6 Å². The lowest BCUT2D eigenvalue weighted by Gasteiger charge is -2.35. The number of methoxy groups -OCH3 is 1. The molecule has 0 saturated carbocycles. The predicted octanol–water partition coefficient (Wildman–Crippen LogP) is 2.45. The van der Waals surface area contributed by atoms with Crippen molar-refractivity contribution in [2.45, 2.75) is 13.0 Å². The first kappa shape index (κ1) is 19.4. The summed E-state index contributed by atoms with van der Waals surface area (Å²) in [5, 5.41) is 3.07. The van der Waals surface area contributed by atoms with Crippen molar-refractivity contribution < 1.29 is 14.3 Å². The number of morpholine rings is 1. The number of pyridine rings is 1. The van der Waals surface area contributed by atoms with E-state index in [0.29, 0.717) is 25.5 Å². The Balaban J connectivity index is 1.50. The molecule has 3 heterocycles. The molecule has 3 aromatic rings. The van der Waals surface area contributed by atoms with Gasteiger partial charge < -0.3 is 19.2 Å². The standard InChI is InChI=1S/C22H26N4O3/c1-16-7-8-26-15-19(24-21(26)13-16)22(27)23-14-20(25-9-11-29-12-10-25)17-3-5-18(28-2)6-4-17/h3-8,13,15,20H,9-12,14H2,1-2H3,(H,23,27). The van der Waals surface area contributed by atoms with Gasteiger partial charge in [0.25, 0.3) is 5.91 Å². The summed E-state index contributed by atoms with van der Waals surface area (Å²) in [7, 11) is 1.66. The van der Waals surface area contributed by atoms with Crippen molar-refractivity contribution in [1.82, 2.24) is 19.6 Å². The number of amides is 1. The van der Waals surface area contributed by atoms with Gasteiger partial charge in [0.2, 0.25) is 0 Å². The van der Waals surface area contributed by atoms with Gasteiger partial charge in [0.1, 0.15) is 17.1 Å². The highest BCUT2D eigenvalue weighted by molar-refractivity contribution is 5.92. The minimum atomic E-state index is -0.168. The maximum absolute atomic E-state index is 12.8. The van der Waals surface area contributed by atoms with Gasteiger partial charge in [-0.25, -0.2) is 4.98 Å². The number of hydrogen-bond acceptors (Lipinski definition) is 5. The van der Waals surface area contributed by atoms with Crippen LogP contribution in [0.1, 0.15) is 27.7 Å². The van der Waals surface area contributed by atoms with Gasteiger partial charge >= 0.3 is 0 Å². The fourth-order valence-electron chi connectivity index (χ4n) is 3.65. The van der Waals surface area contributed by atoms with E-state index in [1.165, 1.54) is 0 Å². The minimum Gasteiger partial charge on any atom is -0.497 e. The Morgan fingerprint density at radius 2 is 2.00 bits per heavy atom. The molecule has 1 aliphatic heterocycles. The highest BCUT2D eigenvalue weighted by atomic mass is 16.5. The van der Waals surface area contributed by atoms with Gasteiger partial charge in [-0.3, -0.25) is 9.69 Å². The Morgan fingerprint density at radius 1 is 1.24 bits per heavy atom. The van der Waals surface area contributed by atoms with Crippen molar-refractivity contribution in [3.8, 4) is 5.75 Å². The number of aromatic nitrogens is 2. The largest absolute Gasteiger partial charge is 0.497 e. The van der Waals surface area contributed by atoms with Crippen LogP contribution >= 0.6 is 0 Å². The van der Waals surface area contributed by atoms with Gasteiger partial charge in [0.05, 0.1) is 26.4 Å². The zero-order chi connectivity index (χ0) is 20.2. The van der Waals surface area contributed by atoms with Gasteiger partial charge in [0, 0.05) is 32.0 Å². The average Bonchev–Trinajstić information content (AvgIpc) is 3.18. The highest BCUT2D eigenvalue weighted by Gasteiger charge is 2.24.